The largest absolute Gasteiger partial charge is 0.493 e. The Morgan fingerprint density at radius 2 is 1.85 bits per heavy atom. The van der Waals surface area contributed by atoms with Crippen LogP contribution in [0.25, 0.3) is 0 Å². The minimum Gasteiger partial charge on any atom is -0.493 e. The number of carbonyl (C=O) groups is 1. The van der Waals surface area contributed by atoms with Crippen LogP contribution in [-0.4, -0.2) is 85.4 Å². The molecule has 0 saturated carbocycles. The summed E-state index contributed by atoms with van der Waals surface area (Å²) in [6, 6.07) is 12.9. The van der Waals surface area contributed by atoms with Crippen molar-refractivity contribution in [3.05, 3.63) is 59.2 Å². The molecule has 1 aliphatic heterocycles. The molecule has 1 amide bonds. The summed E-state index contributed by atoms with van der Waals surface area (Å²) in [5.74, 6) is 2.35. The van der Waals surface area contributed by atoms with Gasteiger partial charge in [0.15, 0.2) is 11.5 Å². The van der Waals surface area contributed by atoms with Crippen LogP contribution in [-0.2, 0) is 0 Å². The summed E-state index contributed by atoms with van der Waals surface area (Å²) >= 11 is 6.05. The zero-order valence-electron chi connectivity index (χ0n) is 24.4. The molecular weight excluding hydrogens is 544 g/mol. The van der Waals surface area contributed by atoms with E-state index < -0.39 is 6.09 Å². The molecule has 1 saturated heterocycles. The minimum atomic E-state index is -0.596. The first-order valence-electron chi connectivity index (χ1n) is 13.8. The van der Waals surface area contributed by atoms with Crippen molar-refractivity contribution >= 4 is 35.1 Å². The van der Waals surface area contributed by atoms with Gasteiger partial charge in [0.2, 0.25) is 5.95 Å². The van der Waals surface area contributed by atoms with Crippen LogP contribution in [0.1, 0.15) is 25.8 Å². The fourth-order valence-electron chi connectivity index (χ4n) is 4.50. The standard InChI is InChI=1S/C30H39ClN6O4/c1-21(2)37-16-14-36(15-17-37)13-6-18-40-25-10-9-24(20-27(25)39-5)33-29-32-12-11-28(34-29)35(4)30(38)41-26-19-23(31)8-7-22(26)3/h7-12,19-21H,6,13-18H2,1-5H3,(H,32,33,34). The van der Waals surface area contributed by atoms with Crippen molar-refractivity contribution in [2.24, 2.45) is 0 Å². The normalized spacial score (nSPS) is 14.1. The van der Waals surface area contributed by atoms with E-state index in [2.05, 4.69) is 38.9 Å². The molecule has 0 radical (unpaired) electrons. The van der Waals surface area contributed by atoms with Crippen molar-refractivity contribution in [2.45, 2.75) is 33.2 Å². The summed E-state index contributed by atoms with van der Waals surface area (Å²) < 4.78 is 17.1. The Hall–Kier alpha value is -3.60. The summed E-state index contributed by atoms with van der Waals surface area (Å²) in [6.07, 6.45) is 1.91. The van der Waals surface area contributed by atoms with E-state index in [4.69, 9.17) is 25.8 Å². The van der Waals surface area contributed by atoms with Gasteiger partial charge in [-0.3, -0.25) is 9.80 Å². The molecule has 41 heavy (non-hydrogen) atoms. The second-order valence-electron chi connectivity index (χ2n) is 10.2. The fourth-order valence-corrected chi connectivity index (χ4v) is 4.67. The van der Waals surface area contributed by atoms with Gasteiger partial charge < -0.3 is 24.4 Å². The van der Waals surface area contributed by atoms with Gasteiger partial charge in [-0.2, -0.15) is 4.98 Å². The summed E-state index contributed by atoms with van der Waals surface area (Å²) in [4.78, 5) is 27.8. The predicted molar refractivity (Wildman–Crippen MR) is 162 cm³/mol. The number of carbonyl (C=O) groups excluding carboxylic acids is 1. The minimum absolute atomic E-state index is 0.314. The maximum atomic E-state index is 12.7. The number of hydrogen-bond acceptors (Lipinski definition) is 9. The van der Waals surface area contributed by atoms with E-state index in [1.165, 1.54) is 4.90 Å². The maximum absolute atomic E-state index is 12.7. The van der Waals surface area contributed by atoms with Gasteiger partial charge in [-0.05, 0) is 63.1 Å². The molecule has 0 bridgehead atoms. The first kappa shape index (κ1) is 30.4. The van der Waals surface area contributed by atoms with Gasteiger partial charge in [0, 0.05) is 68.8 Å². The van der Waals surface area contributed by atoms with Crippen LogP contribution in [0.15, 0.2) is 48.7 Å². The SMILES string of the molecule is COc1cc(Nc2nccc(N(C)C(=O)Oc3cc(Cl)ccc3C)n2)ccc1OCCCN1CCN(C(C)C)CC1. The highest BCUT2D eigenvalue weighted by molar-refractivity contribution is 6.30. The van der Waals surface area contributed by atoms with Gasteiger partial charge in [-0.1, -0.05) is 17.7 Å². The number of aromatic nitrogens is 2. The topological polar surface area (TPSA) is 92.3 Å². The van der Waals surface area contributed by atoms with Gasteiger partial charge in [-0.25, -0.2) is 9.78 Å². The summed E-state index contributed by atoms with van der Waals surface area (Å²) in [5.41, 5.74) is 1.51. The zero-order valence-corrected chi connectivity index (χ0v) is 25.1. The Kier molecular flexibility index (Phi) is 10.6. The zero-order chi connectivity index (χ0) is 29.4. The third-order valence-corrected chi connectivity index (χ3v) is 7.27. The highest BCUT2D eigenvalue weighted by Gasteiger charge is 2.19. The number of piperazine rings is 1. The number of amides is 1. The maximum Gasteiger partial charge on any atom is 0.420 e. The van der Waals surface area contributed by atoms with Crippen molar-refractivity contribution in [3.63, 3.8) is 0 Å². The lowest BCUT2D eigenvalue weighted by molar-refractivity contribution is 0.104. The third-order valence-electron chi connectivity index (χ3n) is 7.04. The van der Waals surface area contributed by atoms with Crippen LogP contribution in [0, 0.1) is 6.92 Å². The Labute approximate surface area is 247 Å². The Morgan fingerprint density at radius 1 is 1.07 bits per heavy atom. The third kappa shape index (κ3) is 8.45. The number of nitrogens with one attached hydrogen (secondary N) is 1. The van der Waals surface area contributed by atoms with Crippen LogP contribution in [0.3, 0.4) is 0 Å². The molecule has 0 unspecified atom stereocenters. The Balaban J connectivity index is 1.30. The number of ether oxygens (including phenoxy) is 3. The molecule has 3 aromatic rings. The molecule has 0 spiro atoms. The molecule has 11 heteroatoms. The molecule has 220 valence electrons. The first-order valence-corrected chi connectivity index (χ1v) is 14.2. The molecule has 1 aromatic heterocycles. The lowest BCUT2D eigenvalue weighted by Gasteiger charge is -2.36. The van der Waals surface area contributed by atoms with Crippen molar-refractivity contribution in [2.75, 3.05) is 63.7 Å². The van der Waals surface area contributed by atoms with Crippen molar-refractivity contribution in [1.82, 2.24) is 19.8 Å². The highest BCUT2D eigenvalue weighted by atomic mass is 35.5. The number of aryl methyl sites for hydroxylation is 1. The van der Waals surface area contributed by atoms with E-state index in [0.29, 0.717) is 52.4 Å². The molecule has 0 atom stereocenters. The number of nitrogens with zero attached hydrogens (tertiary/aromatic N) is 5. The lowest BCUT2D eigenvalue weighted by Crippen LogP contribution is -2.49. The van der Waals surface area contributed by atoms with E-state index in [1.54, 1.807) is 44.6 Å². The summed E-state index contributed by atoms with van der Waals surface area (Å²) in [6.45, 7) is 12.4. The average Bonchev–Trinajstić information content (AvgIpc) is 2.97. The second kappa shape index (κ2) is 14.3. The number of halogens is 1. The van der Waals surface area contributed by atoms with Crippen LogP contribution >= 0.6 is 11.6 Å². The Morgan fingerprint density at radius 3 is 2.59 bits per heavy atom. The van der Waals surface area contributed by atoms with Gasteiger partial charge in [-0.15, -0.1) is 0 Å². The lowest BCUT2D eigenvalue weighted by atomic mass is 10.2. The van der Waals surface area contributed by atoms with Crippen LogP contribution in [0.5, 0.6) is 17.2 Å². The van der Waals surface area contributed by atoms with Crippen LogP contribution in [0.4, 0.5) is 22.2 Å². The molecule has 10 nitrogen and oxygen atoms in total. The quantitative estimate of drug-likeness (QED) is 0.289. The number of rotatable bonds is 11. The summed E-state index contributed by atoms with van der Waals surface area (Å²) in [7, 11) is 3.19. The smallest absolute Gasteiger partial charge is 0.420 e. The molecule has 4 rings (SSSR count). The van der Waals surface area contributed by atoms with Crippen molar-refractivity contribution in [3.8, 4) is 17.2 Å². The Bertz CT molecular complexity index is 1320. The molecule has 1 aliphatic rings. The van der Waals surface area contributed by atoms with Gasteiger partial charge in [0.05, 0.1) is 13.7 Å². The summed E-state index contributed by atoms with van der Waals surface area (Å²) in [5, 5.41) is 3.65. The van der Waals surface area contributed by atoms with Crippen molar-refractivity contribution in [1.29, 1.82) is 0 Å². The molecule has 2 heterocycles. The van der Waals surface area contributed by atoms with E-state index >= 15 is 0 Å². The van der Waals surface area contributed by atoms with E-state index in [1.807, 2.05) is 25.1 Å². The van der Waals surface area contributed by atoms with E-state index in [0.717, 1.165) is 44.7 Å². The molecular formula is C30H39ClN6O4. The van der Waals surface area contributed by atoms with E-state index in [-0.39, 0.29) is 0 Å². The van der Waals surface area contributed by atoms with Gasteiger partial charge in [0.1, 0.15) is 11.6 Å². The number of anilines is 3. The molecule has 1 fully saturated rings. The highest BCUT2D eigenvalue weighted by Crippen LogP contribution is 2.31. The monoisotopic (exact) mass is 582 g/mol. The van der Waals surface area contributed by atoms with Gasteiger partial charge >= 0.3 is 6.09 Å². The number of methoxy groups -OCH3 is 1. The molecule has 2 aromatic carbocycles. The second-order valence-corrected chi connectivity index (χ2v) is 10.7. The van der Waals surface area contributed by atoms with E-state index in [9.17, 15) is 4.79 Å². The predicted octanol–water partition coefficient (Wildman–Crippen LogP) is 5.62. The number of hydrogen-bond donors (Lipinski definition) is 1. The van der Waals surface area contributed by atoms with Gasteiger partial charge in [0.25, 0.3) is 0 Å². The van der Waals surface area contributed by atoms with Crippen LogP contribution in [0.2, 0.25) is 5.02 Å². The molecule has 0 aliphatic carbocycles. The first-order chi connectivity index (χ1) is 19.7. The average molecular weight is 583 g/mol. The fraction of sp³-hybridized carbons (Fsp3) is 0.433. The molecule has 1 N–H and O–H groups in total. The van der Waals surface area contributed by atoms with Crippen LogP contribution < -0.4 is 24.4 Å². The number of benzene rings is 2. The van der Waals surface area contributed by atoms with Crippen molar-refractivity contribution < 1.29 is 19.0 Å².